The number of nitrogens with one attached hydrogen (secondary N) is 1. The fourth-order valence-electron chi connectivity index (χ4n) is 3.76. The van der Waals surface area contributed by atoms with Gasteiger partial charge < -0.3 is 5.32 Å². The van der Waals surface area contributed by atoms with Crippen molar-refractivity contribution in [2.45, 2.75) is 15.0 Å². The number of carbonyl (C=O) groups is 1. The Balaban J connectivity index is 1.67. The molecule has 1 amide bonds. The number of alkyl halides is 3. The number of rotatable bonds is 8. The zero-order chi connectivity index (χ0) is 24.0. The number of halogens is 3. The van der Waals surface area contributed by atoms with Crippen molar-refractivity contribution < 1.29 is 4.79 Å². The van der Waals surface area contributed by atoms with Crippen LogP contribution in [-0.2, 0) is 16.0 Å². The van der Waals surface area contributed by atoms with E-state index in [0.29, 0.717) is 13.0 Å². The molecule has 0 bridgehead atoms. The number of benzene rings is 3. The van der Waals surface area contributed by atoms with Gasteiger partial charge in [-0.25, -0.2) is 4.98 Å². The second-order valence-electron chi connectivity index (χ2n) is 7.60. The lowest BCUT2D eigenvalue weighted by molar-refractivity contribution is -0.120. The first kappa shape index (κ1) is 24.7. The average molecular weight is 531 g/mol. The lowest BCUT2D eigenvalue weighted by atomic mass is 9.84. The molecule has 0 aliphatic heterocycles. The van der Waals surface area contributed by atoms with Gasteiger partial charge in [0.05, 0.1) is 5.69 Å². The van der Waals surface area contributed by atoms with Gasteiger partial charge in [0.25, 0.3) is 9.70 Å². The predicted molar refractivity (Wildman–Crippen MR) is 141 cm³/mol. The Morgan fingerprint density at radius 2 is 1.29 bits per heavy atom. The maximum atomic E-state index is 11.8. The highest BCUT2D eigenvalue weighted by Gasteiger charge is 2.38. The van der Waals surface area contributed by atoms with Gasteiger partial charge in [-0.05, 0) is 28.6 Å². The molecule has 0 saturated carbocycles. The molecule has 1 heterocycles. The van der Waals surface area contributed by atoms with Crippen molar-refractivity contribution in [3.63, 3.8) is 0 Å². The Bertz CT molecular complexity index is 1120. The number of imidazole rings is 1. The molecular formula is C26H22Cl3N3OS. The fraction of sp³-hybridized carbons (Fsp3) is 0.154. The van der Waals surface area contributed by atoms with E-state index in [-0.39, 0.29) is 0 Å². The molecule has 0 atom stereocenters. The minimum atomic E-state index is -1.98. The summed E-state index contributed by atoms with van der Waals surface area (Å²) in [6.07, 6.45) is 4.27. The molecule has 174 valence electrons. The lowest BCUT2D eigenvalue weighted by Gasteiger charge is -2.35. The molecule has 0 spiro atoms. The molecule has 0 fully saturated rings. The van der Waals surface area contributed by atoms with Crippen molar-refractivity contribution in [1.82, 2.24) is 14.3 Å². The third kappa shape index (κ3) is 5.61. The van der Waals surface area contributed by atoms with Crippen LogP contribution < -0.4 is 5.32 Å². The van der Waals surface area contributed by atoms with Crippen LogP contribution in [0.15, 0.2) is 104 Å². The normalized spacial score (nSPS) is 11.9. The molecule has 1 aromatic heterocycles. The molecule has 0 radical (unpaired) electrons. The van der Waals surface area contributed by atoms with Gasteiger partial charge >= 0.3 is 0 Å². The molecule has 34 heavy (non-hydrogen) atoms. The van der Waals surface area contributed by atoms with E-state index in [0.717, 1.165) is 22.4 Å². The third-order valence-corrected chi connectivity index (χ3v) is 7.23. The van der Waals surface area contributed by atoms with Crippen LogP contribution in [0, 0.1) is 0 Å². The Morgan fingerprint density at radius 1 is 0.824 bits per heavy atom. The minimum absolute atomic E-state index is 0.315. The van der Waals surface area contributed by atoms with Crippen molar-refractivity contribution in [3.05, 3.63) is 126 Å². The Labute approximate surface area is 218 Å². The zero-order valence-corrected chi connectivity index (χ0v) is 21.2. The van der Waals surface area contributed by atoms with Crippen molar-refractivity contribution in [1.29, 1.82) is 0 Å². The van der Waals surface area contributed by atoms with Gasteiger partial charge in [-0.15, -0.1) is 0 Å². The maximum Gasteiger partial charge on any atom is 0.272 e. The van der Waals surface area contributed by atoms with Gasteiger partial charge in [-0.2, -0.15) is 0 Å². The van der Waals surface area contributed by atoms with Crippen LogP contribution in [0.3, 0.4) is 0 Å². The van der Waals surface area contributed by atoms with Crippen LogP contribution in [0.2, 0.25) is 0 Å². The third-order valence-electron chi connectivity index (χ3n) is 5.32. The van der Waals surface area contributed by atoms with Gasteiger partial charge in [0.15, 0.2) is 0 Å². The topological polar surface area (TPSA) is 46.9 Å². The standard InChI is InChI=1S/C26H22Cl3N3OS/c27-26(28,29)24(33)30-17-16-23-18-32(19-31-23)34-25(20-10-4-1-5-11-20,21-12-6-2-7-13-21)22-14-8-3-9-15-22/h1-15,18-19H,16-17H2,(H,30,33). The molecule has 4 aromatic rings. The molecule has 8 heteroatoms. The number of amides is 1. The quantitative estimate of drug-likeness (QED) is 0.212. The molecule has 4 rings (SSSR count). The first-order valence-electron chi connectivity index (χ1n) is 10.6. The van der Waals surface area contributed by atoms with Crippen LogP contribution in [0.1, 0.15) is 22.4 Å². The predicted octanol–water partition coefficient (Wildman–Crippen LogP) is 6.40. The van der Waals surface area contributed by atoms with E-state index in [1.54, 1.807) is 18.3 Å². The molecule has 0 unspecified atom stereocenters. The maximum absolute atomic E-state index is 11.8. The molecule has 1 N–H and O–H groups in total. The number of nitrogens with zero attached hydrogens (tertiary/aromatic N) is 2. The summed E-state index contributed by atoms with van der Waals surface area (Å²) < 4.78 is -0.472. The van der Waals surface area contributed by atoms with Crippen LogP contribution in [0.25, 0.3) is 0 Å². The number of carbonyl (C=O) groups excluding carboxylic acids is 1. The van der Waals surface area contributed by atoms with Crippen molar-refractivity contribution >= 4 is 52.7 Å². The molecule has 0 saturated heterocycles. The monoisotopic (exact) mass is 529 g/mol. The Kier molecular flexibility index (Phi) is 7.89. The SMILES string of the molecule is O=C(NCCc1cn(SC(c2ccccc2)(c2ccccc2)c2ccccc2)cn1)C(Cl)(Cl)Cl. The minimum Gasteiger partial charge on any atom is -0.352 e. The Morgan fingerprint density at radius 3 is 1.74 bits per heavy atom. The largest absolute Gasteiger partial charge is 0.352 e. The van der Waals surface area contributed by atoms with E-state index >= 15 is 0 Å². The van der Waals surface area contributed by atoms with E-state index < -0.39 is 14.4 Å². The second-order valence-corrected chi connectivity index (χ2v) is 11.1. The van der Waals surface area contributed by atoms with E-state index in [1.807, 2.05) is 28.4 Å². The summed E-state index contributed by atoms with van der Waals surface area (Å²) in [6, 6.07) is 31.3. The van der Waals surface area contributed by atoms with Crippen molar-refractivity contribution in [2.75, 3.05) is 6.54 Å². The van der Waals surface area contributed by atoms with Crippen molar-refractivity contribution in [2.24, 2.45) is 0 Å². The lowest BCUT2D eigenvalue weighted by Crippen LogP contribution is -2.35. The Hall–Kier alpha value is -2.44. The summed E-state index contributed by atoms with van der Waals surface area (Å²) in [5.74, 6) is -0.650. The first-order valence-corrected chi connectivity index (χ1v) is 12.5. The summed E-state index contributed by atoms with van der Waals surface area (Å²) >= 11 is 18.5. The molecule has 0 aliphatic rings. The summed E-state index contributed by atoms with van der Waals surface area (Å²) in [6.45, 7) is 0.315. The fourth-order valence-corrected chi connectivity index (χ4v) is 5.27. The molecule has 4 nitrogen and oxygen atoms in total. The van der Waals surface area contributed by atoms with E-state index in [9.17, 15) is 4.79 Å². The van der Waals surface area contributed by atoms with Gasteiger partial charge in [-0.3, -0.25) is 8.77 Å². The van der Waals surface area contributed by atoms with Crippen LogP contribution >= 0.6 is 46.8 Å². The van der Waals surface area contributed by atoms with Crippen LogP contribution in [-0.4, -0.2) is 25.2 Å². The summed E-state index contributed by atoms with van der Waals surface area (Å²) in [5.41, 5.74) is 4.29. The van der Waals surface area contributed by atoms with Gasteiger partial charge in [0.1, 0.15) is 11.1 Å². The summed E-state index contributed by atoms with van der Waals surface area (Å²) in [4.78, 5) is 16.3. The molecule has 3 aromatic carbocycles. The van der Waals surface area contributed by atoms with E-state index in [2.05, 4.69) is 83.1 Å². The van der Waals surface area contributed by atoms with Gasteiger partial charge in [-0.1, -0.05) is 126 Å². The second kappa shape index (κ2) is 10.9. The zero-order valence-electron chi connectivity index (χ0n) is 18.1. The summed E-state index contributed by atoms with van der Waals surface area (Å²) in [5, 5.41) is 2.62. The summed E-state index contributed by atoms with van der Waals surface area (Å²) in [7, 11) is 0. The van der Waals surface area contributed by atoms with Gasteiger partial charge in [0.2, 0.25) is 0 Å². The smallest absolute Gasteiger partial charge is 0.272 e. The number of aromatic nitrogens is 2. The number of hydrogen-bond acceptors (Lipinski definition) is 3. The molecular weight excluding hydrogens is 509 g/mol. The highest BCUT2D eigenvalue weighted by Crippen LogP contribution is 2.48. The average Bonchev–Trinajstić information content (AvgIpc) is 3.30. The van der Waals surface area contributed by atoms with Crippen LogP contribution in [0.4, 0.5) is 0 Å². The van der Waals surface area contributed by atoms with Crippen molar-refractivity contribution in [3.8, 4) is 0 Å². The van der Waals surface area contributed by atoms with Gasteiger partial charge in [0, 0.05) is 19.2 Å². The van der Waals surface area contributed by atoms with E-state index in [4.69, 9.17) is 34.8 Å². The highest BCUT2D eigenvalue weighted by atomic mass is 35.6. The highest BCUT2D eigenvalue weighted by molar-refractivity contribution is 7.99. The van der Waals surface area contributed by atoms with Crippen LogP contribution in [0.5, 0.6) is 0 Å². The number of hydrogen-bond donors (Lipinski definition) is 1. The molecule has 0 aliphatic carbocycles. The first-order chi connectivity index (χ1) is 16.4. The van der Waals surface area contributed by atoms with E-state index in [1.165, 1.54) is 0 Å².